The molecule has 0 spiro atoms. The monoisotopic (exact) mass is 352 g/mol. The smallest absolute Gasteiger partial charge is 0.314 e. The molecular formula is C16H14Cl2N2O3. The number of carbonyl (C=O) groups is 2. The first-order valence-electron chi connectivity index (χ1n) is 6.63. The Labute approximate surface area is 143 Å². The fraction of sp³-hybridized carbons (Fsp3) is 0.125. The lowest BCUT2D eigenvalue weighted by Crippen LogP contribution is -2.29. The van der Waals surface area contributed by atoms with Crippen molar-refractivity contribution in [2.75, 3.05) is 17.7 Å². The Kier molecular flexibility index (Phi) is 5.47. The predicted molar refractivity (Wildman–Crippen MR) is 91.5 cm³/mol. The van der Waals surface area contributed by atoms with Crippen molar-refractivity contribution in [2.24, 2.45) is 0 Å². The summed E-state index contributed by atoms with van der Waals surface area (Å²) >= 11 is 11.8. The van der Waals surface area contributed by atoms with E-state index in [4.69, 9.17) is 27.9 Å². The van der Waals surface area contributed by atoms with Gasteiger partial charge in [0.05, 0.1) is 28.5 Å². The van der Waals surface area contributed by atoms with E-state index in [0.29, 0.717) is 11.4 Å². The van der Waals surface area contributed by atoms with Crippen molar-refractivity contribution < 1.29 is 14.3 Å². The maximum atomic E-state index is 12.0. The Morgan fingerprint density at radius 2 is 1.65 bits per heavy atom. The normalized spacial score (nSPS) is 10.1. The molecule has 23 heavy (non-hydrogen) atoms. The topological polar surface area (TPSA) is 67.4 Å². The molecule has 0 bridgehead atoms. The van der Waals surface area contributed by atoms with E-state index in [1.54, 1.807) is 30.3 Å². The summed E-state index contributed by atoms with van der Waals surface area (Å²) in [5.74, 6) is -1.25. The number of methoxy groups -OCH3 is 1. The predicted octanol–water partition coefficient (Wildman–Crippen LogP) is 3.89. The van der Waals surface area contributed by atoms with Crippen molar-refractivity contribution in [3.63, 3.8) is 0 Å². The Hall–Kier alpha value is -2.24. The Morgan fingerprint density at radius 3 is 2.30 bits per heavy atom. The molecule has 0 aromatic heterocycles. The molecule has 0 fully saturated rings. The lowest BCUT2D eigenvalue weighted by atomic mass is 10.2. The average Bonchev–Trinajstić information content (AvgIpc) is 2.52. The quantitative estimate of drug-likeness (QED) is 0.823. The first-order valence-corrected chi connectivity index (χ1v) is 7.39. The van der Waals surface area contributed by atoms with Gasteiger partial charge in [0, 0.05) is 0 Å². The number of ether oxygens (including phenoxy) is 1. The van der Waals surface area contributed by atoms with Crippen LogP contribution in [0.1, 0.15) is 5.56 Å². The summed E-state index contributed by atoms with van der Waals surface area (Å²) in [7, 11) is 1.48. The van der Waals surface area contributed by atoms with Crippen LogP contribution in [0.3, 0.4) is 0 Å². The minimum atomic E-state index is -0.863. The molecule has 2 rings (SSSR count). The van der Waals surface area contributed by atoms with E-state index in [2.05, 4.69) is 10.6 Å². The Balaban J connectivity index is 2.13. The number of rotatable bonds is 3. The lowest BCUT2D eigenvalue weighted by molar-refractivity contribution is -0.133. The Bertz CT molecular complexity index is 763. The van der Waals surface area contributed by atoms with E-state index in [1.807, 2.05) is 13.0 Å². The number of aryl methyl sites for hydroxylation is 1. The van der Waals surface area contributed by atoms with Crippen molar-refractivity contribution in [3.8, 4) is 5.75 Å². The first kappa shape index (κ1) is 17.1. The van der Waals surface area contributed by atoms with Crippen LogP contribution in [0.5, 0.6) is 5.75 Å². The average molecular weight is 353 g/mol. The van der Waals surface area contributed by atoms with Gasteiger partial charge in [-0.25, -0.2) is 0 Å². The number of amides is 2. The van der Waals surface area contributed by atoms with E-state index in [0.717, 1.165) is 5.56 Å². The van der Waals surface area contributed by atoms with Gasteiger partial charge < -0.3 is 15.4 Å². The fourth-order valence-corrected chi connectivity index (χ4v) is 2.23. The second-order valence-corrected chi connectivity index (χ2v) is 5.50. The second-order valence-electron chi connectivity index (χ2n) is 4.71. The van der Waals surface area contributed by atoms with Gasteiger partial charge in [-0.2, -0.15) is 0 Å². The van der Waals surface area contributed by atoms with Crippen LogP contribution in [-0.4, -0.2) is 18.9 Å². The molecule has 2 amide bonds. The molecule has 7 heteroatoms. The van der Waals surface area contributed by atoms with Crippen LogP contribution in [0, 0.1) is 6.92 Å². The molecule has 120 valence electrons. The third-order valence-electron chi connectivity index (χ3n) is 3.01. The molecule has 0 saturated carbocycles. The molecule has 0 saturated heterocycles. The molecule has 2 N–H and O–H groups in total. The molecule has 0 radical (unpaired) electrons. The van der Waals surface area contributed by atoms with Gasteiger partial charge in [0.15, 0.2) is 0 Å². The van der Waals surface area contributed by atoms with Crippen LogP contribution in [0.4, 0.5) is 11.4 Å². The van der Waals surface area contributed by atoms with Crippen molar-refractivity contribution in [3.05, 3.63) is 52.0 Å². The largest absolute Gasteiger partial charge is 0.495 e. The van der Waals surface area contributed by atoms with Gasteiger partial charge in [-0.3, -0.25) is 9.59 Å². The Morgan fingerprint density at radius 1 is 1.00 bits per heavy atom. The van der Waals surface area contributed by atoms with Crippen LogP contribution < -0.4 is 15.4 Å². The molecule has 0 aliphatic heterocycles. The van der Waals surface area contributed by atoms with Gasteiger partial charge in [-0.15, -0.1) is 0 Å². The van der Waals surface area contributed by atoms with Crippen LogP contribution in [0.15, 0.2) is 36.4 Å². The number of benzene rings is 2. The maximum Gasteiger partial charge on any atom is 0.314 e. The molecule has 0 aliphatic carbocycles. The van der Waals surface area contributed by atoms with Crippen LogP contribution in [0.2, 0.25) is 10.0 Å². The van der Waals surface area contributed by atoms with E-state index >= 15 is 0 Å². The van der Waals surface area contributed by atoms with Gasteiger partial charge in [0.2, 0.25) is 0 Å². The highest BCUT2D eigenvalue weighted by Gasteiger charge is 2.17. The standard InChI is InChI=1S/C16H14Cl2N2O3/c1-9-6-7-13(23-2)12(8-9)20-16(22)15(21)19-11-5-3-4-10(17)14(11)18/h3-8H,1-2H3,(H,19,21)(H,20,22). The minimum Gasteiger partial charge on any atom is -0.495 e. The molecule has 5 nitrogen and oxygen atoms in total. The molecule has 0 aliphatic rings. The first-order chi connectivity index (χ1) is 10.9. The molecule has 2 aromatic rings. The van der Waals surface area contributed by atoms with Gasteiger partial charge in [0.1, 0.15) is 5.75 Å². The maximum absolute atomic E-state index is 12.0. The summed E-state index contributed by atoms with van der Waals surface area (Å²) in [5, 5.41) is 5.37. The fourth-order valence-electron chi connectivity index (χ4n) is 1.88. The van der Waals surface area contributed by atoms with Crippen molar-refractivity contribution in [1.29, 1.82) is 0 Å². The minimum absolute atomic E-state index is 0.170. The zero-order valence-corrected chi connectivity index (χ0v) is 14.0. The van der Waals surface area contributed by atoms with Crippen molar-refractivity contribution in [2.45, 2.75) is 6.92 Å². The molecule has 0 unspecified atom stereocenters. The van der Waals surface area contributed by atoms with Crippen LogP contribution in [0.25, 0.3) is 0 Å². The molecule has 0 atom stereocenters. The number of anilines is 2. The molecular weight excluding hydrogens is 339 g/mol. The second kappa shape index (κ2) is 7.35. The highest BCUT2D eigenvalue weighted by molar-refractivity contribution is 6.47. The summed E-state index contributed by atoms with van der Waals surface area (Å²) in [4.78, 5) is 24.0. The van der Waals surface area contributed by atoms with E-state index in [9.17, 15) is 9.59 Å². The summed E-state index contributed by atoms with van der Waals surface area (Å²) < 4.78 is 5.15. The summed E-state index contributed by atoms with van der Waals surface area (Å²) in [6, 6.07) is 9.99. The number of halogens is 2. The van der Waals surface area contributed by atoms with E-state index in [-0.39, 0.29) is 15.7 Å². The van der Waals surface area contributed by atoms with Gasteiger partial charge in [-0.05, 0) is 36.8 Å². The van der Waals surface area contributed by atoms with Crippen molar-refractivity contribution in [1.82, 2.24) is 0 Å². The van der Waals surface area contributed by atoms with Crippen LogP contribution >= 0.6 is 23.2 Å². The zero-order valence-electron chi connectivity index (χ0n) is 12.4. The lowest BCUT2D eigenvalue weighted by Gasteiger charge is -2.11. The van der Waals surface area contributed by atoms with E-state index in [1.165, 1.54) is 7.11 Å². The summed E-state index contributed by atoms with van der Waals surface area (Å²) in [6.07, 6.45) is 0. The zero-order chi connectivity index (χ0) is 17.0. The number of hydrogen-bond donors (Lipinski definition) is 2. The summed E-state index contributed by atoms with van der Waals surface area (Å²) in [5.41, 5.74) is 1.58. The highest BCUT2D eigenvalue weighted by atomic mass is 35.5. The summed E-state index contributed by atoms with van der Waals surface area (Å²) in [6.45, 7) is 1.86. The third kappa shape index (κ3) is 4.15. The SMILES string of the molecule is COc1ccc(C)cc1NC(=O)C(=O)Nc1cccc(Cl)c1Cl. The van der Waals surface area contributed by atoms with Gasteiger partial charge in [-0.1, -0.05) is 35.3 Å². The molecule has 0 heterocycles. The van der Waals surface area contributed by atoms with Crippen LogP contribution in [-0.2, 0) is 9.59 Å². The van der Waals surface area contributed by atoms with Crippen molar-refractivity contribution >= 4 is 46.4 Å². The number of carbonyl (C=O) groups excluding carboxylic acids is 2. The number of hydrogen-bond acceptors (Lipinski definition) is 3. The molecule has 2 aromatic carbocycles. The van der Waals surface area contributed by atoms with Gasteiger partial charge in [0.25, 0.3) is 0 Å². The van der Waals surface area contributed by atoms with Gasteiger partial charge >= 0.3 is 11.8 Å². The number of nitrogens with one attached hydrogen (secondary N) is 2. The highest BCUT2D eigenvalue weighted by Crippen LogP contribution is 2.29. The van der Waals surface area contributed by atoms with E-state index < -0.39 is 11.8 Å². The third-order valence-corrected chi connectivity index (χ3v) is 3.83.